The van der Waals surface area contributed by atoms with E-state index in [0.717, 1.165) is 31.5 Å². The molecule has 2 heterocycles. The highest BCUT2D eigenvalue weighted by molar-refractivity contribution is 6.29. The summed E-state index contributed by atoms with van der Waals surface area (Å²) in [5.41, 5.74) is 2.75. The van der Waals surface area contributed by atoms with E-state index in [1.165, 1.54) is 5.57 Å². The maximum Gasteiger partial charge on any atom is 0.254 e. The number of pyridine rings is 1. The van der Waals surface area contributed by atoms with Crippen molar-refractivity contribution in [2.45, 2.75) is 26.2 Å². The summed E-state index contributed by atoms with van der Waals surface area (Å²) in [5, 5.41) is 0.386. The van der Waals surface area contributed by atoms with Gasteiger partial charge in [-0.05, 0) is 30.5 Å². The van der Waals surface area contributed by atoms with Gasteiger partial charge in [-0.15, -0.1) is 0 Å². The van der Waals surface area contributed by atoms with Gasteiger partial charge in [0.05, 0.1) is 6.61 Å². The van der Waals surface area contributed by atoms with Gasteiger partial charge in [0.15, 0.2) is 0 Å². The molecule has 2 rings (SSSR count). The summed E-state index contributed by atoms with van der Waals surface area (Å²) in [7, 11) is 1.69. The van der Waals surface area contributed by atoms with Crippen molar-refractivity contribution in [1.82, 2.24) is 9.88 Å². The lowest BCUT2D eigenvalue weighted by atomic mass is 10.1. The monoisotopic (exact) mass is 308 g/mol. The number of methoxy groups -OCH3 is 1. The topological polar surface area (TPSA) is 42.4 Å². The van der Waals surface area contributed by atoms with Crippen molar-refractivity contribution in [3.8, 4) is 0 Å². The number of rotatable bonds is 5. The van der Waals surface area contributed by atoms with E-state index in [2.05, 4.69) is 18.0 Å². The average molecular weight is 309 g/mol. The molecule has 0 bridgehead atoms. The first-order valence-corrected chi connectivity index (χ1v) is 7.64. The zero-order chi connectivity index (χ0) is 15.2. The minimum Gasteiger partial charge on any atom is -0.380 e. The lowest BCUT2D eigenvalue weighted by molar-refractivity contribution is 0.0764. The molecule has 0 aromatic carbocycles. The molecule has 0 spiro atoms. The molecule has 1 aliphatic rings. The highest BCUT2D eigenvalue weighted by Crippen LogP contribution is 2.17. The molecular formula is C16H21ClN2O2. The number of ether oxygens (including phenoxy) is 1. The van der Waals surface area contributed by atoms with Crippen LogP contribution in [0.3, 0.4) is 0 Å². The van der Waals surface area contributed by atoms with E-state index in [0.29, 0.717) is 23.9 Å². The van der Waals surface area contributed by atoms with Crippen LogP contribution < -0.4 is 0 Å². The van der Waals surface area contributed by atoms with E-state index < -0.39 is 0 Å². The predicted octanol–water partition coefficient (Wildman–Crippen LogP) is 3.11. The number of hydrogen-bond acceptors (Lipinski definition) is 3. The fourth-order valence-electron chi connectivity index (χ4n) is 2.45. The van der Waals surface area contributed by atoms with Gasteiger partial charge < -0.3 is 9.64 Å². The SMILES string of the molecule is CCCc1cc(C(=O)N2CC=C(COC)CC2)cc(Cl)n1. The van der Waals surface area contributed by atoms with Crippen LogP contribution in [0, 0.1) is 0 Å². The van der Waals surface area contributed by atoms with Crippen LogP contribution in [-0.4, -0.2) is 42.6 Å². The molecule has 1 aromatic heterocycles. The number of carbonyl (C=O) groups is 1. The van der Waals surface area contributed by atoms with Gasteiger partial charge in [-0.3, -0.25) is 4.79 Å². The quantitative estimate of drug-likeness (QED) is 0.620. The van der Waals surface area contributed by atoms with E-state index in [4.69, 9.17) is 16.3 Å². The van der Waals surface area contributed by atoms with Crippen LogP contribution in [0.2, 0.25) is 5.15 Å². The third kappa shape index (κ3) is 4.29. The molecule has 0 N–H and O–H groups in total. The largest absolute Gasteiger partial charge is 0.380 e. The molecule has 0 atom stereocenters. The van der Waals surface area contributed by atoms with Crippen LogP contribution in [0.1, 0.15) is 35.8 Å². The van der Waals surface area contributed by atoms with Crippen molar-refractivity contribution < 1.29 is 9.53 Å². The third-order valence-corrected chi connectivity index (χ3v) is 3.71. The summed E-state index contributed by atoms with van der Waals surface area (Å²) < 4.78 is 5.12. The van der Waals surface area contributed by atoms with Gasteiger partial charge in [0.1, 0.15) is 5.15 Å². The van der Waals surface area contributed by atoms with E-state index in [1.54, 1.807) is 13.2 Å². The van der Waals surface area contributed by atoms with Gasteiger partial charge in [0, 0.05) is 31.5 Å². The van der Waals surface area contributed by atoms with Crippen molar-refractivity contribution >= 4 is 17.5 Å². The summed E-state index contributed by atoms with van der Waals surface area (Å²) in [6.07, 6.45) is 4.74. The van der Waals surface area contributed by atoms with Gasteiger partial charge in [-0.2, -0.15) is 0 Å². The second kappa shape index (κ2) is 7.57. The van der Waals surface area contributed by atoms with Gasteiger partial charge >= 0.3 is 0 Å². The molecule has 4 nitrogen and oxygen atoms in total. The van der Waals surface area contributed by atoms with Gasteiger partial charge in [0.25, 0.3) is 5.91 Å². The van der Waals surface area contributed by atoms with Crippen molar-refractivity contribution in [3.05, 3.63) is 40.2 Å². The molecule has 0 radical (unpaired) electrons. The molecule has 0 saturated heterocycles. The first kappa shape index (κ1) is 16.0. The Balaban J connectivity index is 2.10. The number of hydrogen-bond donors (Lipinski definition) is 0. The average Bonchev–Trinajstić information content (AvgIpc) is 2.47. The predicted molar refractivity (Wildman–Crippen MR) is 83.7 cm³/mol. The molecular weight excluding hydrogens is 288 g/mol. The van der Waals surface area contributed by atoms with Crippen molar-refractivity contribution in [1.29, 1.82) is 0 Å². The van der Waals surface area contributed by atoms with Gasteiger partial charge in [-0.1, -0.05) is 31.0 Å². The number of aromatic nitrogens is 1. The number of amides is 1. The second-order valence-corrected chi connectivity index (χ2v) is 5.60. The standard InChI is InChI=1S/C16H21ClN2O2/c1-3-4-14-9-13(10-15(17)18-14)16(20)19-7-5-12(6-8-19)11-21-2/h5,9-10H,3-4,6-8,11H2,1-2H3. The van der Waals surface area contributed by atoms with E-state index >= 15 is 0 Å². The highest BCUT2D eigenvalue weighted by Gasteiger charge is 2.19. The highest BCUT2D eigenvalue weighted by atomic mass is 35.5. The molecule has 0 unspecified atom stereocenters. The Morgan fingerprint density at radius 2 is 2.29 bits per heavy atom. The summed E-state index contributed by atoms with van der Waals surface area (Å²) in [5.74, 6) is 0.0179. The minimum atomic E-state index is 0.0179. The number of aryl methyl sites for hydroxylation is 1. The van der Waals surface area contributed by atoms with Crippen LogP contribution in [0.25, 0.3) is 0 Å². The molecule has 21 heavy (non-hydrogen) atoms. The van der Waals surface area contributed by atoms with Crippen molar-refractivity contribution in [2.24, 2.45) is 0 Å². The van der Waals surface area contributed by atoms with E-state index in [1.807, 2.05) is 11.0 Å². The van der Waals surface area contributed by atoms with Crippen LogP contribution in [0.15, 0.2) is 23.8 Å². The Morgan fingerprint density at radius 1 is 1.48 bits per heavy atom. The maximum absolute atomic E-state index is 12.6. The number of halogens is 1. The Labute approximate surface area is 130 Å². The Morgan fingerprint density at radius 3 is 2.90 bits per heavy atom. The lowest BCUT2D eigenvalue weighted by Gasteiger charge is -2.26. The molecule has 0 aliphatic carbocycles. The molecule has 0 saturated carbocycles. The molecule has 1 amide bonds. The van der Waals surface area contributed by atoms with E-state index in [-0.39, 0.29) is 5.91 Å². The van der Waals surface area contributed by atoms with Crippen molar-refractivity contribution in [2.75, 3.05) is 26.8 Å². The Hall–Kier alpha value is -1.39. The molecule has 0 fully saturated rings. The van der Waals surface area contributed by atoms with Crippen LogP contribution in [0.5, 0.6) is 0 Å². The number of carbonyl (C=O) groups excluding carboxylic acids is 1. The second-order valence-electron chi connectivity index (χ2n) is 5.22. The third-order valence-electron chi connectivity index (χ3n) is 3.52. The maximum atomic E-state index is 12.6. The normalized spacial score (nSPS) is 15.0. The Kier molecular flexibility index (Phi) is 5.76. The van der Waals surface area contributed by atoms with Crippen LogP contribution >= 0.6 is 11.6 Å². The van der Waals surface area contributed by atoms with Crippen LogP contribution in [0.4, 0.5) is 0 Å². The fourth-order valence-corrected chi connectivity index (χ4v) is 2.68. The first-order valence-electron chi connectivity index (χ1n) is 7.26. The summed E-state index contributed by atoms with van der Waals surface area (Å²) >= 11 is 6.02. The molecule has 5 heteroatoms. The minimum absolute atomic E-state index is 0.0179. The zero-order valence-corrected chi connectivity index (χ0v) is 13.3. The van der Waals surface area contributed by atoms with Crippen LogP contribution in [-0.2, 0) is 11.2 Å². The van der Waals surface area contributed by atoms with E-state index in [9.17, 15) is 4.79 Å². The van der Waals surface area contributed by atoms with Gasteiger partial charge in [0.2, 0.25) is 0 Å². The lowest BCUT2D eigenvalue weighted by Crippen LogP contribution is -2.35. The summed E-state index contributed by atoms with van der Waals surface area (Å²) in [6, 6.07) is 3.50. The summed E-state index contributed by atoms with van der Waals surface area (Å²) in [4.78, 5) is 18.6. The van der Waals surface area contributed by atoms with Crippen molar-refractivity contribution in [3.63, 3.8) is 0 Å². The number of nitrogens with zero attached hydrogens (tertiary/aromatic N) is 2. The smallest absolute Gasteiger partial charge is 0.254 e. The summed E-state index contributed by atoms with van der Waals surface area (Å²) in [6.45, 7) is 4.07. The first-order chi connectivity index (χ1) is 10.1. The van der Waals surface area contributed by atoms with Gasteiger partial charge in [-0.25, -0.2) is 4.98 Å². The Bertz CT molecular complexity index is 543. The molecule has 114 valence electrons. The molecule has 1 aromatic rings. The molecule has 1 aliphatic heterocycles. The fraction of sp³-hybridized carbons (Fsp3) is 0.500. The zero-order valence-electron chi connectivity index (χ0n) is 12.6.